The normalized spacial score (nSPS) is 12.6. The molecule has 0 bridgehead atoms. The summed E-state index contributed by atoms with van der Waals surface area (Å²) >= 11 is 0. The molecule has 1 aromatic heterocycles. The molecule has 2 N–H and O–H groups in total. The number of anilines is 1. The second-order valence-corrected chi connectivity index (χ2v) is 5.55. The number of carbonyl (C=O) groups excluding carboxylic acids is 1. The molecule has 122 valence electrons. The maximum Gasteiger partial charge on any atom is 0.410 e. The number of nitriles is 1. The minimum atomic E-state index is -0.378. The first kappa shape index (κ1) is 15.7. The van der Waals surface area contributed by atoms with Crippen molar-refractivity contribution in [3.8, 4) is 17.3 Å². The molecule has 7 heteroatoms. The van der Waals surface area contributed by atoms with Gasteiger partial charge in [0, 0.05) is 11.1 Å². The van der Waals surface area contributed by atoms with Crippen LogP contribution in [0.1, 0.15) is 29.3 Å². The number of fused-ring (bicyclic) bond motifs is 1. The molecule has 1 amide bonds. The zero-order valence-corrected chi connectivity index (χ0v) is 13.5. The molecule has 0 radical (unpaired) electrons. The van der Waals surface area contributed by atoms with E-state index in [4.69, 9.17) is 15.7 Å². The summed E-state index contributed by atoms with van der Waals surface area (Å²) < 4.78 is 5.06. The Morgan fingerprint density at radius 2 is 2.21 bits per heavy atom. The molecule has 2 heterocycles. The zero-order chi connectivity index (χ0) is 17.3. The van der Waals surface area contributed by atoms with Crippen molar-refractivity contribution >= 4 is 12.0 Å². The largest absolute Gasteiger partial charge is 0.450 e. The highest BCUT2D eigenvalue weighted by molar-refractivity contribution is 5.73. The van der Waals surface area contributed by atoms with Crippen molar-refractivity contribution in [3.63, 3.8) is 0 Å². The number of benzene rings is 1. The summed E-state index contributed by atoms with van der Waals surface area (Å²) in [7, 11) is 0. The first-order valence-electron chi connectivity index (χ1n) is 7.61. The van der Waals surface area contributed by atoms with Crippen LogP contribution in [-0.2, 0) is 17.8 Å². The van der Waals surface area contributed by atoms with Crippen LogP contribution in [0.4, 0.5) is 10.7 Å². The number of rotatable bonds is 2. The summed E-state index contributed by atoms with van der Waals surface area (Å²) in [6.07, 6.45) is -0.378. The van der Waals surface area contributed by atoms with Gasteiger partial charge in [0.05, 0.1) is 42.7 Å². The van der Waals surface area contributed by atoms with Gasteiger partial charge in [-0.15, -0.1) is 0 Å². The van der Waals surface area contributed by atoms with Crippen molar-refractivity contribution in [2.45, 2.75) is 26.9 Å². The van der Waals surface area contributed by atoms with Crippen LogP contribution in [0.2, 0.25) is 0 Å². The fourth-order valence-corrected chi connectivity index (χ4v) is 2.84. The minimum Gasteiger partial charge on any atom is -0.450 e. The number of ether oxygens (including phenoxy) is 1. The van der Waals surface area contributed by atoms with Crippen molar-refractivity contribution in [1.29, 1.82) is 5.26 Å². The lowest BCUT2D eigenvalue weighted by Crippen LogP contribution is -2.26. The van der Waals surface area contributed by atoms with Crippen LogP contribution in [0.15, 0.2) is 18.2 Å². The highest BCUT2D eigenvalue weighted by Gasteiger charge is 2.29. The summed E-state index contributed by atoms with van der Waals surface area (Å²) in [5.74, 6) is 0.165. The average Bonchev–Trinajstić information content (AvgIpc) is 2.98. The van der Waals surface area contributed by atoms with E-state index in [-0.39, 0.29) is 12.0 Å². The number of nitrogen functional groups attached to an aromatic ring is 1. The molecule has 0 atom stereocenters. The monoisotopic (exact) mass is 323 g/mol. The molecular weight excluding hydrogens is 306 g/mol. The van der Waals surface area contributed by atoms with Gasteiger partial charge in [-0.1, -0.05) is 6.07 Å². The van der Waals surface area contributed by atoms with Crippen molar-refractivity contribution in [3.05, 3.63) is 40.6 Å². The first-order chi connectivity index (χ1) is 11.5. The van der Waals surface area contributed by atoms with Gasteiger partial charge >= 0.3 is 6.09 Å². The second kappa shape index (κ2) is 6.16. The Labute approximate surface area is 139 Å². The van der Waals surface area contributed by atoms with Crippen LogP contribution in [0, 0.1) is 18.3 Å². The van der Waals surface area contributed by atoms with Gasteiger partial charge in [-0.25, -0.2) is 14.8 Å². The first-order valence-corrected chi connectivity index (χ1v) is 7.61. The highest BCUT2D eigenvalue weighted by atomic mass is 16.6. The van der Waals surface area contributed by atoms with Crippen LogP contribution in [0.25, 0.3) is 11.3 Å². The zero-order valence-electron chi connectivity index (χ0n) is 13.5. The lowest BCUT2D eigenvalue weighted by atomic mass is 9.99. The molecule has 0 unspecified atom stereocenters. The van der Waals surface area contributed by atoms with E-state index in [0.29, 0.717) is 31.0 Å². The summed E-state index contributed by atoms with van der Waals surface area (Å²) in [5.41, 5.74) is 10.5. The van der Waals surface area contributed by atoms with Crippen LogP contribution < -0.4 is 5.73 Å². The Bertz CT molecular complexity index is 857. The van der Waals surface area contributed by atoms with Gasteiger partial charge in [-0.3, -0.25) is 4.90 Å². The lowest BCUT2D eigenvalue weighted by molar-refractivity contribution is 0.106. The van der Waals surface area contributed by atoms with Gasteiger partial charge in [0.1, 0.15) is 0 Å². The maximum atomic E-state index is 12.0. The van der Waals surface area contributed by atoms with Gasteiger partial charge in [-0.05, 0) is 31.5 Å². The topological polar surface area (TPSA) is 105 Å². The Morgan fingerprint density at radius 3 is 2.88 bits per heavy atom. The van der Waals surface area contributed by atoms with E-state index in [9.17, 15) is 4.79 Å². The molecular formula is C17H17N5O2. The molecule has 0 fully saturated rings. The van der Waals surface area contributed by atoms with E-state index < -0.39 is 0 Å². The van der Waals surface area contributed by atoms with E-state index in [0.717, 1.165) is 22.4 Å². The van der Waals surface area contributed by atoms with Gasteiger partial charge in [0.25, 0.3) is 0 Å². The molecule has 0 spiro atoms. The summed E-state index contributed by atoms with van der Waals surface area (Å²) in [6, 6.07) is 7.51. The predicted octanol–water partition coefficient (Wildman–Crippen LogP) is 2.38. The molecule has 0 saturated heterocycles. The fourth-order valence-electron chi connectivity index (χ4n) is 2.84. The molecule has 3 rings (SSSR count). The number of carbonyl (C=O) groups is 1. The highest BCUT2D eigenvalue weighted by Crippen LogP contribution is 2.33. The van der Waals surface area contributed by atoms with Crippen molar-refractivity contribution in [1.82, 2.24) is 14.9 Å². The lowest BCUT2D eigenvalue weighted by Gasteiger charge is -2.14. The maximum absolute atomic E-state index is 12.0. The Morgan fingerprint density at radius 1 is 1.42 bits per heavy atom. The van der Waals surface area contributed by atoms with Gasteiger partial charge in [0.15, 0.2) is 0 Å². The van der Waals surface area contributed by atoms with Crippen LogP contribution in [-0.4, -0.2) is 27.6 Å². The molecule has 0 saturated carbocycles. The Balaban J connectivity index is 2.04. The average molecular weight is 323 g/mol. The summed E-state index contributed by atoms with van der Waals surface area (Å²) in [5, 5.41) is 9.02. The summed E-state index contributed by atoms with van der Waals surface area (Å²) in [4.78, 5) is 22.2. The predicted molar refractivity (Wildman–Crippen MR) is 87.6 cm³/mol. The molecule has 0 aliphatic carbocycles. The minimum absolute atomic E-state index is 0.165. The molecule has 7 nitrogen and oxygen atoms in total. The third-order valence-electron chi connectivity index (χ3n) is 3.94. The molecule has 2 aromatic rings. The molecule has 24 heavy (non-hydrogen) atoms. The number of nitrogens with zero attached hydrogens (tertiary/aromatic N) is 4. The van der Waals surface area contributed by atoms with Crippen molar-refractivity contribution < 1.29 is 9.53 Å². The number of nitrogens with two attached hydrogens (primary N) is 1. The van der Waals surface area contributed by atoms with Crippen LogP contribution >= 0.6 is 0 Å². The number of hydrogen-bond acceptors (Lipinski definition) is 6. The van der Waals surface area contributed by atoms with E-state index in [1.54, 1.807) is 24.0 Å². The van der Waals surface area contributed by atoms with E-state index in [1.165, 1.54) is 0 Å². The summed E-state index contributed by atoms with van der Waals surface area (Å²) in [6.45, 7) is 4.73. The molecule has 1 aromatic carbocycles. The Hall–Kier alpha value is -3.14. The van der Waals surface area contributed by atoms with Gasteiger partial charge in [-0.2, -0.15) is 5.26 Å². The van der Waals surface area contributed by atoms with Crippen molar-refractivity contribution in [2.75, 3.05) is 12.3 Å². The SMILES string of the molecule is CCOC(=O)N1Cc2nc(N)nc(-c3ccc(C#N)cc3C)c2C1. The third-order valence-corrected chi connectivity index (χ3v) is 3.94. The third kappa shape index (κ3) is 2.74. The van der Waals surface area contributed by atoms with Gasteiger partial charge < -0.3 is 10.5 Å². The Kier molecular flexibility index (Phi) is 4.04. The van der Waals surface area contributed by atoms with Crippen LogP contribution in [0.3, 0.4) is 0 Å². The second-order valence-electron chi connectivity index (χ2n) is 5.55. The van der Waals surface area contributed by atoms with E-state index in [1.807, 2.05) is 13.0 Å². The van der Waals surface area contributed by atoms with Crippen LogP contribution in [0.5, 0.6) is 0 Å². The van der Waals surface area contributed by atoms with E-state index in [2.05, 4.69) is 16.0 Å². The smallest absolute Gasteiger partial charge is 0.410 e. The molecule has 1 aliphatic heterocycles. The number of hydrogen-bond donors (Lipinski definition) is 1. The number of amides is 1. The van der Waals surface area contributed by atoms with E-state index >= 15 is 0 Å². The standard InChI is InChI=1S/C17H17N5O2/c1-3-24-17(23)22-8-13-14(9-22)20-16(19)21-15(13)12-5-4-11(7-18)6-10(12)2/h4-6H,3,8-9H2,1-2H3,(H2,19,20,21). The number of aryl methyl sites for hydroxylation is 1. The van der Waals surface area contributed by atoms with Gasteiger partial charge in [0.2, 0.25) is 5.95 Å². The van der Waals surface area contributed by atoms with Crippen molar-refractivity contribution in [2.24, 2.45) is 0 Å². The fraction of sp³-hybridized carbons (Fsp3) is 0.294. The number of aromatic nitrogens is 2. The molecule has 1 aliphatic rings. The quantitative estimate of drug-likeness (QED) is 0.909.